The molecule has 0 spiro atoms. The standard InChI is InChI=1S/C29H21Cl2NO4S/c1-35-26-14-18(10-12-25(26)36-17-22-23(30)7-4-8-24(22)31)15-27-28(33)32(29(34)37-27)16-19-9-11-20-5-2-3-6-21(20)13-19/h2-15H,16-17H2,1H3/b27-15-. The predicted octanol–water partition coefficient (Wildman–Crippen LogP) is 7.97. The maximum atomic E-state index is 13.1. The highest BCUT2D eigenvalue weighted by Crippen LogP contribution is 2.36. The molecule has 0 radical (unpaired) electrons. The number of hydrogen-bond donors (Lipinski definition) is 0. The van der Waals surface area contributed by atoms with Crippen LogP contribution >= 0.6 is 35.0 Å². The summed E-state index contributed by atoms with van der Waals surface area (Å²) in [6.45, 7) is 0.384. The molecule has 186 valence electrons. The number of hydrogen-bond acceptors (Lipinski definition) is 5. The molecule has 0 atom stereocenters. The van der Waals surface area contributed by atoms with Crippen molar-refractivity contribution in [1.82, 2.24) is 4.90 Å². The number of fused-ring (bicyclic) bond motifs is 1. The molecule has 0 unspecified atom stereocenters. The lowest BCUT2D eigenvalue weighted by Crippen LogP contribution is -2.27. The maximum absolute atomic E-state index is 13.1. The van der Waals surface area contributed by atoms with Crippen molar-refractivity contribution in [2.75, 3.05) is 7.11 Å². The molecular weight excluding hydrogens is 529 g/mol. The van der Waals surface area contributed by atoms with Crippen LogP contribution in [0.1, 0.15) is 16.7 Å². The Morgan fingerprint density at radius 1 is 0.865 bits per heavy atom. The number of nitrogens with zero attached hydrogens (tertiary/aromatic N) is 1. The minimum Gasteiger partial charge on any atom is -0.493 e. The van der Waals surface area contributed by atoms with Crippen LogP contribution in [0, 0.1) is 0 Å². The zero-order chi connectivity index (χ0) is 25.9. The summed E-state index contributed by atoms with van der Waals surface area (Å²) in [5.41, 5.74) is 2.28. The molecule has 5 nitrogen and oxygen atoms in total. The van der Waals surface area contributed by atoms with Gasteiger partial charge in [0.1, 0.15) is 6.61 Å². The third-order valence-corrected chi connectivity index (χ3v) is 7.56. The van der Waals surface area contributed by atoms with E-state index in [1.165, 1.54) is 12.0 Å². The predicted molar refractivity (Wildman–Crippen MR) is 149 cm³/mol. The van der Waals surface area contributed by atoms with E-state index in [1.807, 2.05) is 42.5 Å². The monoisotopic (exact) mass is 549 g/mol. The molecule has 4 aromatic carbocycles. The van der Waals surface area contributed by atoms with Gasteiger partial charge >= 0.3 is 0 Å². The number of carbonyl (C=O) groups excluding carboxylic acids is 2. The molecule has 0 saturated carbocycles. The van der Waals surface area contributed by atoms with Crippen molar-refractivity contribution >= 4 is 63.0 Å². The van der Waals surface area contributed by atoms with E-state index < -0.39 is 0 Å². The number of ether oxygens (including phenoxy) is 2. The van der Waals surface area contributed by atoms with Crippen LogP contribution in [0.2, 0.25) is 10.0 Å². The van der Waals surface area contributed by atoms with Gasteiger partial charge in [-0.05, 0) is 70.1 Å². The summed E-state index contributed by atoms with van der Waals surface area (Å²) in [7, 11) is 1.53. The van der Waals surface area contributed by atoms with Crippen molar-refractivity contribution in [3.05, 3.63) is 111 Å². The fraction of sp³-hybridized carbons (Fsp3) is 0.103. The lowest BCUT2D eigenvalue weighted by molar-refractivity contribution is -0.123. The minimum atomic E-state index is -0.323. The summed E-state index contributed by atoms with van der Waals surface area (Å²) in [4.78, 5) is 27.4. The first kappa shape index (κ1) is 25.2. The zero-order valence-corrected chi connectivity index (χ0v) is 22.1. The lowest BCUT2D eigenvalue weighted by atomic mass is 10.1. The van der Waals surface area contributed by atoms with E-state index in [0.29, 0.717) is 37.6 Å². The van der Waals surface area contributed by atoms with Gasteiger partial charge in [0.2, 0.25) is 0 Å². The minimum absolute atomic E-state index is 0.169. The molecule has 0 N–H and O–H groups in total. The number of halogens is 2. The molecule has 1 fully saturated rings. The molecule has 37 heavy (non-hydrogen) atoms. The highest BCUT2D eigenvalue weighted by molar-refractivity contribution is 8.18. The summed E-state index contributed by atoms with van der Waals surface area (Å²) in [5.74, 6) is 0.656. The Hall–Kier alpha value is -3.45. The van der Waals surface area contributed by atoms with E-state index in [-0.39, 0.29) is 24.3 Å². The molecule has 1 aliphatic rings. The number of rotatable bonds is 7. The van der Waals surface area contributed by atoms with Crippen LogP contribution in [-0.4, -0.2) is 23.2 Å². The van der Waals surface area contributed by atoms with Crippen LogP contribution in [0.15, 0.2) is 83.8 Å². The second-order valence-corrected chi connectivity index (χ2v) is 10.2. The first-order valence-electron chi connectivity index (χ1n) is 11.4. The molecule has 8 heteroatoms. The number of amides is 2. The molecule has 1 aliphatic heterocycles. The van der Waals surface area contributed by atoms with Crippen molar-refractivity contribution in [2.24, 2.45) is 0 Å². The summed E-state index contributed by atoms with van der Waals surface area (Å²) in [6, 6.07) is 24.5. The van der Waals surface area contributed by atoms with E-state index >= 15 is 0 Å². The first-order valence-corrected chi connectivity index (χ1v) is 13.0. The molecule has 5 rings (SSSR count). The Kier molecular flexibility index (Phi) is 7.42. The average molecular weight is 550 g/mol. The van der Waals surface area contributed by atoms with Crippen LogP contribution in [0.5, 0.6) is 11.5 Å². The average Bonchev–Trinajstić information content (AvgIpc) is 3.16. The van der Waals surface area contributed by atoms with Crippen LogP contribution in [0.4, 0.5) is 4.79 Å². The van der Waals surface area contributed by atoms with Gasteiger partial charge in [0, 0.05) is 15.6 Å². The Morgan fingerprint density at radius 2 is 1.62 bits per heavy atom. The van der Waals surface area contributed by atoms with E-state index in [9.17, 15) is 9.59 Å². The van der Waals surface area contributed by atoms with Gasteiger partial charge < -0.3 is 9.47 Å². The van der Waals surface area contributed by atoms with Gasteiger partial charge in [-0.2, -0.15) is 0 Å². The van der Waals surface area contributed by atoms with Gasteiger partial charge in [-0.1, -0.05) is 71.7 Å². The fourth-order valence-electron chi connectivity index (χ4n) is 4.02. The van der Waals surface area contributed by atoms with Gasteiger partial charge in [0.25, 0.3) is 11.1 Å². The van der Waals surface area contributed by atoms with Gasteiger partial charge in [-0.25, -0.2) is 0 Å². The lowest BCUT2D eigenvalue weighted by Gasteiger charge is -2.13. The third-order valence-electron chi connectivity index (χ3n) is 5.95. The quantitative estimate of drug-likeness (QED) is 0.219. The van der Waals surface area contributed by atoms with Gasteiger partial charge in [0.05, 0.1) is 18.6 Å². The third kappa shape index (κ3) is 5.47. The highest BCUT2D eigenvalue weighted by atomic mass is 35.5. The van der Waals surface area contributed by atoms with E-state index in [1.54, 1.807) is 42.5 Å². The highest BCUT2D eigenvalue weighted by Gasteiger charge is 2.35. The van der Waals surface area contributed by atoms with Crippen LogP contribution in [-0.2, 0) is 17.9 Å². The molecule has 0 aliphatic carbocycles. The number of methoxy groups -OCH3 is 1. The van der Waals surface area contributed by atoms with E-state index in [2.05, 4.69) is 0 Å². The SMILES string of the molecule is COc1cc(/C=C2\SC(=O)N(Cc3ccc4ccccc4c3)C2=O)ccc1OCc1c(Cl)cccc1Cl. The Morgan fingerprint density at radius 3 is 2.38 bits per heavy atom. The van der Waals surface area contributed by atoms with Crippen molar-refractivity contribution in [3.63, 3.8) is 0 Å². The Bertz CT molecular complexity index is 1530. The number of imide groups is 1. The topological polar surface area (TPSA) is 55.8 Å². The summed E-state index contributed by atoms with van der Waals surface area (Å²) in [6.07, 6.45) is 1.68. The van der Waals surface area contributed by atoms with Crippen molar-refractivity contribution in [2.45, 2.75) is 13.2 Å². The molecular formula is C29H21Cl2NO4S. The van der Waals surface area contributed by atoms with Crippen molar-refractivity contribution in [3.8, 4) is 11.5 Å². The largest absolute Gasteiger partial charge is 0.493 e. The van der Waals surface area contributed by atoms with Crippen LogP contribution in [0.25, 0.3) is 16.8 Å². The molecule has 1 saturated heterocycles. The number of thioether (sulfide) groups is 1. The second-order valence-electron chi connectivity index (χ2n) is 8.35. The van der Waals surface area contributed by atoms with E-state index in [0.717, 1.165) is 28.1 Å². The summed E-state index contributed by atoms with van der Waals surface area (Å²) < 4.78 is 11.4. The molecule has 1 heterocycles. The second kappa shape index (κ2) is 10.9. The summed E-state index contributed by atoms with van der Waals surface area (Å²) in [5, 5.41) is 2.91. The Balaban J connectivity index is 1.32. The van der Waals surface area contributed by atoms with Crippen LogP contribution < -0.4 is 9.47 Å². The molecule has 2 amide bonds. The smallest absolute Gasteiger partial charge is 0.293 e. The van der Waals surface area contributed by atoms with Crippen molar-refractivity contribution in [1.29, 1.82) is 0 Å². The molecule has 0 bridgehead atoms. The number of benzene rings is 4. The van der Waals surface area contributed by atoms with E-state index in [4.69, 9.17) is 32.7 Å². The normalized spacial score (nSPS) is 14.6. The molecule has 0 aromatic heterocycles. The van der Waals surface area contributed by atoms with Gasteiger partial charge in [0.15, 0.2) is 11.5 Å². The summed E-state index contributed by atoms with van der Waals surface area (Å²) >= 11 is 13.4. The first-order chi connectivity index (χ1) is 17.9. The maximum Gasteiger partial charge on any atom is 0.293 e. The fourth-order valence-corrected chi connectivity index (χ4v) is 5.37. The van der Waals surface area contributed by atoms with Crippen LogP contribution in [0.3, 0.4) is 0 Å². The van der Waals surface area contributed by atoms with Gasteiger partial charge in [-0.3, -0.25) is 14.5 Å². The van der Waals surface area contributed by atoms with Crippen molar-refractivity contribution < 1.29 is 19.1 Å². The molecule has 4 aromatic rings. The Labute approximate surface area is 228 Å². The zero-order valence-electron chi connectivity index (χ0n) is 19.7. The number of carbonyl (C=O) groups is 2. The van der Waals surface area contributed by atoms with Gasteiger partial charge in [-0.15, -0.1) is 0 Å².